The number of nitrogens with one attached hydrogen (secondary N) is 2. The van der Waals surface area contributed by atoms with Crippen molar-refractivity contribution < 1.29 is 4.79 Å². The molecule has 0 aromatic carbocycles. The largest absolute Gasteiger partial charge is 0.382 e. The van der Waals surface area contributed by atoms with E-state index in [1.165, 1.54) is 24.2 Å². The Morgan fingerprint density at radius 3 is 2.68 bits per heavy atom. The standard InChI is InChI=1S/C17H16BN5OS.C6H15N.C2H6/c19-11-18-2-1-12(4-18)5-20-14-6-21-17-16(7-22-23(17)8-14)13-3-15(9-24)25-10-13;1-4-6(5-2)7-3;1-2/h3,6-10,12,20H,1-2,4-5H2;6-7H,4-5H2,1-3H3;1-2H3. The number of nitrogens with zero attached hydrogens (tertiary/aromatic N) is 4. The van der Waals surface area contributed by atoms with E-state index in [-0.39, 0.29) is 6.71 Å². The van der Waals surface area contributed by atoms with Gasteiger partial charge >= 0.3 is 0 Å². The molecule has 1 saturated heterocycles. The van der Waals surface area contributed by atoms with Gasteiger partial charge in [-0.2, -0.15) is 5.10 Å². The first kappa shape index (κ1) is 27.5. The SMILES string of the molecule is CC.CCC(CC)NC.N#CB1CCC(CNc2cnc3c(-c4csc(C=O)c4)cnn3c2)C1. The summed E-state index contributed by atoms with van der Waals surface area (Å²) in [5, 5.41) is 21.9. The first-order valence-electron chi connectivity index (χ1n) is 12.3. The number of thiophene rings is 1. The summed E-state index contributed by atoms with van der Waals surface area (Å²) in [6, 6.07) is 2.59. The maximum atomic E-state index is 10.9. The zero-order valence-corrected chi connectivity index (χ0v) is 21.9. The fraction of sp³-hybridized carbons (Fsp3) is 0.520. The van der Waals surface area contributed by atoms with Crippen molar-refractivity contribution in [1.82, 2.24) is 19.9 Å². The van der Waals surface area contributed by atoms with E-state index in [1.54, 1.807) is 10.7 Å². The molecule has 34 heavy (non-hydrogen) atoms. The summed E-state index contributed by atoms with van der Waals surface area (Å²) in [7, 11) is 2.01. The topological polar surface area (TPSA) is 95.1 Å². The molecule has 3 aromatic rings. The molecule has 2 N–H and O–H groups in total. The smallest absolute Gasteiger partial charge is 0.268 e. The third-order valence-corrected chi connectivity index (χ3v) is 6.97. The Bertz CT molecular complexity index is 1050. The maximum absolute atomic E-state index is 10.9. The first-order chi connectivity index (χ1) is 16.6. The number of hydrogen-bond acceptors (Lipinski definition) is 7. The van der Waals surface area contributed by atoms with Crippen LogP contribution in [0.25, 0.3) is 16.8 Å². The van der Waals surface area contributed by atoms with Gasteiger partial charge in [-0.25, -0.2) is 14.8 Å². The lowest BCUT2D eigenvalue weighted by Crippen LogP contribution is -2.22. The molecule has 1 unspecified atom stereocenters. The number of rotatable bonds is 8. The average Bonchev–Trinajstić information content (AvgIpc) is 3.64. The van der Waals surface area contributed by atoms with E-state index >= 15 is 0 Å². The summed E-state index contributed by atoms with van der Waals surface area (Å²) < 4.78 is 1.75. The summed E-state index contributed by atoms with van der Waals surface area (Å²) in [6.07, 6.45) is 11.9. The van der Waals surface area contributed by atoms with Crippen LogP contribution in [-0.4, -0.2) is 47.2 Å². The molecule has 0 aliphatic carbocycles. The molecule has 0 bridgehead atoms. The highest BCUT2D eigenvalue weighted by molar-refractivity contribution is 7.12. The van der Waals surface area contributed by atoms with Crippen molar-refractivity contribution in [2.24, 2.45) is 5.92 Å². The molecular weight excluding hydrogens is 443 g/mol. The van der Waals surface area contributed by atoms with Crippen molar-refractivity contribution in [3.8, 4) is 17.1 Å². The van der Waals surface area contributed by atoms with Crippen LogP contribution in [0.4, 0.5) is 5.69 Å². The van der Waals surface area contributed by atoms with Crippen LogP contribution in [0.5, 0.6) is 0 Å². The molecule has 4 heterocycles. The van der Waals surface area contributed by atoms with Crippen molar-refractivity contribution in [2.75, 3.05) is 18.9 Å². The van der Waals surface area contributed by atoms with Gasteiger partial charge in [-0.15, -0.1) is 11.3 Å². The second-order valence-corrected chi connectivity index (χ2v) is 9.16. The fourth-order valence-electron chi connectivity index (χ4n) is 4.06. The van der Waals surface area contributed by atoms with Crippen LogP contribution in [0.2, 0.25) is 12.6 Å². The van der Waals surface area contributed by atoms with E-state index in [0.717, 1.165) is 60.4 Å². The third-order valence-electron chi connectivity index (χ3n) is 6.12. The molecular formula is C25H37BN6OS. The third kappa shape index (κ3) is 7.41. The van der Waals surface area contributed by atoms with Gasteiger partial charge in [-0.3, -0.25) is 4.79 Å². The molecule has 3 aromatic heterocycles. The van der Waals surface area contributed by atoms with Crippen molar-refractivity contribution in [1.29, 1.82) is 5.26 Å². The molecule has 182 valence electrons. The normalized spacial score (nSPS) is 14.7. The van der Waals surface area contributed by atoms with Crippen LogP contribution in [0, 0.1) is 17.1 Å². The summed E-state index contributed by atoms with van der Waals surface area (Å²) >= 11 is 1.42. The van der Waals surface area contributed by atoms with Gasteiger partial charge in [0.2, 0.25) is 0 Å². The van der Waals surface area contributed by atoms with Crippen LogP contribution in [0.3, 0.4) is 0 Å². The molecule has 0 spiro atoms. The summed E-state index contributed by atoms with van der Waals surface area (Å²) in [6.45, 7) is 9.46. The molecule has 1 aliphatic heterocycles. The zero-order chi connectivity index (χ0) is 24.9. The van der Waals surface area contributed by atoms with Gasteiger partial charge in [0.05, 0.1) is 29.2 Å². The number of anilines is 1. The highest BCUT2D eigenvalue weighted by Gasteiger charge is 2.27. The number of nitriles is 1. The highest BCUT2D eigenvalue weighted by atomic mass is 32.1. The number of fused-ring (bicyclic) bond motifs is 1. The number of hydrogen-bond donors (Lipinski definition) is 2. The molecule has 1 aliphatic rings. The van der Waals surface area contributed by atoms with Gasteiger partial charge in [0.1, 0.15) is 0 Å². The van der Waals surface area contributed by atoms with Gasteiger partial charge in [-0.05, 0) is 42.8 Å². The minimum atomic E-state index is 0.211. The second-order valence-electron chi connectivity index (χ2n) is 8.21. The van der Waals surface area contributed by atoms with Crippen LogP contribution in [-0.2, 0) is 0 Å². The molecule has 9 heteroatoms. The molecule has 0 radical (unpaired) electrons. The molecule has 1 fully saturated rings. The Balaban J connectivity index is 0.000000393. The number of aromatic nitrogens is 3. The lowest BCUT2D eigenvalue weighted by atomic mass is 9.50. The molecule has 4 rings (SSSR count). The molecule has 0 amide bonds. The highest BCUT2D eigenvalue weighted by Crippen LogP contribution is 2.29. The van der Waals surface area contributed by atoms with Gasteiger partial charge in [0.25, 0.3) is 6.71 Å². The predicted molar refractivity (Wildman–Crippen MR) is 144 cm³/mol. The average molecular weight is 480 g/mol. The molecule has 7 nitrogen and oxygen atoms in total. The van der Waals surface area contributed by atoms with Crippen LogP contribution < -0.4 is 10.6 Å². The quantitative estimate of drug-likeness (QED) is 0.318. The first-order valence-corrected chi connectivity index (χ1v) is 13.2. The Labute approximate surface area is 208 Å². The van der Waals surface area contributed by atoms with Gasteiger partial charge in [0, 0.05) is 24.1 Å². The summed E-state index contributed by atoms with van der Waals surface area (Å²) in [4.78, 5) is 16.1. The van der Waals surface area contributed by atoms with E-state index in [1.807, 2.05) is 44.7 Å². The molecule has 0 saturated carbocycles. The minimum absolute atomic E-state index is 0.211. The van der Waals surface area contributed by atoms with Crippen LogP contribution in [0.1, 0.15) is 56.6 Å². The summed E-state index contributed by atoms with van der Waals surface area (Å²) in [5.74, 6) is 2.91. The van der Waals surface area contributed by atoms with E-state index in [0.29, 0.717) is 10.8 Å². The number of aldehydes is 1. The van der Waals surface area contributed by atoms with Gasteiger partial charge in [-0.1, -0.05) is 46.8 Å². The Morgan fingerprint density at radius 2 is 2.12 bits per heavy atom. The lowest BCUT2D eigenvalue weighted by Gasteiger charge is -2.11. The van der Waals surface area contributed by atoms with Crippen molar-refractivity contribution in [2.45, 2.75) is 65.6 Å². The second kappa shape index (κ2) is 14.5. The molecule has 1 atom stereocenters. The van der Waals surface area contributed by atoms with E-state index < -0.39 is 0 Å². The van der Waals surface area contributed by atoms with E-state index in [2.05, 4.69) is 40.5 Å². The van der Waals surface area contributed by atoms with Crippen LogP contribution in [0.15, 0.2) is 30.0 Å². The van der Waals surface area contributed by atoms with E-state index in [4.69, 9.17) is 5.26 Å². The minimum Gasteiger partial charge on any atom is -0.382 e. The monoisotopic (exact) mass is 480 g/mol. The maximum Gasteiger partial charge on any atom is 0.268 e. The zero-order valence-electron chi connectivity index (χ0n) is 21.0. The van der Waals surface area contributed by atoms with Crippen LogP contribution >= 0.6 is 11.3 Å². The fourth-order valence-corrected chi connectivity index (χ4v) is 4.77. The van der Waals surface area contributed by atoms with E-state index in [9.17, 15) is 4.79 Å². The number of carbonyl (C=O) groups is 1. The van der Waals surface area contributed by atoms with Crippen molar-refractivity contribution >= 4 is 35.7 Å². The van der Waals surface area contributed by atoms with Gasteiger partial charge in [0.15, 0.2) is 11.9 Å². The summed E-state index contributed by atoms with van der Waals surface area (Å²) in [5.41, 5.74) is 3.57. The Kier molecular flexibility index (Phi) is 11.8. The Hall–Kier alpha value is -2.70. The number of carbonyl (C=O) groups excluding carboxylic acids is 1. The van der Waals surface area contributed by atoms with Gasteiger partial charge < -0.3 is 10.6 Å². The van der Waals surface area contributed by atoms with Crippen molar-refractivity contribution in [3.63, 3.8) is 0 Å². The van der Waals surface area contributed by atoms with Crippen molar-refractivity contribution in [3.05, 3.63) is 34.9 Å². The predicted octanol–water partition coefficient (Wildman–Crippen LogP) is 5.68. The lowest BCUT2D eigenvalue weighted by molar-refractivity contribution is 0.112. The Morgan fingerprint density at radius 1 is 1.35 bits per heavy atom.